The van der Waals surface area contributed by atoms with Crippen LogP contribution in [0.3, 0.4) is 0 Å². The Morgan fingerprint density at radius 1 is 1.32 bits per heavy atom. The van der Waals surface area contributed by atoms with Crippen LogP contribution in [0.4, 0.5) is 0 Å². The van der Waals surface area contributed by atoms with Gasteiger partial charge in [-0.1, -0.05) is 12.1 Å². The average Bonchev–Trinajstić information content (AvgIpc) is 2.71. The lowest BCUT2D eigenvalue weighted by Crippen LogP contribution is -2.45. The fourth-order valence-corrected chi connectivity index (χ4v) is 3.43. The first-order chi connectivity index (χ1) is 13.5. The van der Waals surface area contributed by atoms with Gasteiger partial charge in [-0.2, -0.15) is 0 Å². The Bertz CT molecular complexity index is 805. The smallest absolute Gasteiger partial charge is 0.337 e. The van der Waals surface area contributed by atoms with E-state index in [-0.39, 0.29) is 12.5 Å². The van der Waals surface area contributed by atoms with Gasteiger partial charge in [0.15, 0.2) is 11.7 Å². The molecule has 1 saturated heterocycles. The minimum atomic E-state index is -0.473. The Labute approximate surface area is 168 Å². The molecule has 0 aromatic heterocycles. The molecule has 3 rings (SSSR count). The number of allylic oxidation sites excluding steroid dienone is 1. The minimum absolute atomic E-state index is 0.0553. The van der Waals surface area contributed by atoms with E-state index in [4.69, 9.17) is 26.4 Å². The highest BCUT2D eigenvalue weighted by atomic mass is 32.1. The predicted octanol–water partition coefficient (Wildman–Crippen LogP) is 0.890. The number of carbonyl (C=O) groups is 2. The first kappa shape index (κ1) is 20.1. The number of rotatable bonds is 5. The van der Waals surface area contributed by atoms with Crippen LogP contribution >= 0.6 is 12.2 Å². The topological polar surface area (TPSA) is 89.1 Å². The summed E-state index contributed by atoms with van der Waals surface area (Å²) in [5.74, 6) is 0.00640. The molecule has 2 N–H and O–H groups in total. The zero-order valence-electron chi connectivity index (χ0n) is 15.8. The van der Waals surface area contributed by atoms with Crippen LogP contribution in [-0.4, -0.2) is 61.9 Å². The Balaban J connectivity index is 1.74. The van der Waals surface area contributed by atoms with Crippen LogP contribution in [0.1, 0.15) is 18.5 Å². The summed E-state index contributed by atoms with van der Waals surface area (Å²) in [5, 5.41) is 6.45. The molecule has 2 heterocycles. The molecule has 0 radical (unpaired) electrons. The maximum Gasteiger partial charge on any atom is 0.337 e. The van der Waals surface area contributed by atoms with E-state index in [0.29, 0.717) is 48.4 Å². The number of esters is 1. The standard InChI is InChI=1S/C19H23N3O5S/c1-12-16(18(24)25-2)17(21-19(28)20-12)13-4-3-5-14(10-13)27-11-15(23)22-6-8-26-9-7-22/h3-5,10,17H,6-9,11H2,1-2H3,(H2,20,21,28). The predicted molar refractivity (Wildman–Crippen MR) is 106 cm³/mol. The number of amides is 1. The molecule has 8 nitrogen and oxygen atoms in total. The van der Waals surface area contributed by atoms with Gasteiger partial charge in [0.05, 0.1) is 31.9 Å². The van der Waals surface area contributed by atoms with Gasteiger partial charge in [0, 0.05) is 18.8 Å². The maximum atomic E-state index is 12.3. The Morgan fingerprint density at radius 2 is 2.07 bits per heavy atom. The molecule has 0 spiro atoms. The number of hydrogen-bond donors (Lipinski definition) is 2. The van der Waals surface area contributed by atoms with Crippen LogP contribution in [0, 0.1) is 0 Å². The molecule has 1 atom stereocenters. The van der Waals surface area contributed by atoms with Crippen LogP contribution in [0.25, 0.3) is 0 Å². The molecule has 0 bridgehead atoms. The molecule has 1 unspecified atom stereocenters. The van der Waals surface area contributed by atoms with Gasteiger partial charge < -0.3 is 29.7 Å². The van der Waals surface area contributed by atoms with Gasteiger partial charge >= 0.3 is 5.97 Å². The molecule has 150 valence electrons. The van der Waals surface area contributed by atoms with Crippen molar-refractivity contribution in [2.75, 3.05) is 40.0 Å². The second-order valence-electron chi connectivity index (χ2n) is 6.42. The zero-order valence-corrected chi connectivity index (χ0v) is 16.6. The first-order valence-corrected chi connectivity index (χ1v) is 9.35. The first-order valence-electron chi connectivity index (χ1n) is 8.94. The van der Waals surface area contributed by atoms with E-state index in [0.717, 1.165) is 5.56 Å². The second kappa shape index (κ2) is 9.03. The van der Waals surface area contributed by atoms with Crippen molar-refractivity contribution in [3.8, 4) is 5.75 Å². The lowest BCUT2D eigenvalue weighted by atomic mass is 9.95. The highest BCUT2D eigenvalue weighted by Gasteiger charge is 2.30. The van der Waals surface area contributed by atoms with Gasteiger partial charge in [0.1, 0.15) is 5.75 Å². The van der Waals surface area contributed by atoms with Gasteiger partial charge in [-0.3, -0.25) is 4.79 Å². The van der Waals surface area contributed by atoms with E-state index in [9.17, 15) is 9.59 Å². The van der Waals surface area contributed by atoms with Crippen molar-refractivity contribution in [1.29, 1.82) is 0 Å². The van der Waals surface area contributed by atoms with E-state index in [1.807, 2.05) is 6.07 Å². The van der Waals surface area contributed by atoms with Gasteiger partial charge in [-0.25, -0.2) is 4.79 Å². The molecule has 1 fully saturated rings. The number of morpholine rings is 1. The number of nitrogens with zero attached hydrogens (tertiary/aromatic N) is 1. The summed E-state index contributed by atoms with van der Waals surface area (Å²) in [6.45, 7) is 3.96. The van der Waals surface area contributed by atoms with Crippen molar-refractivity contribution in [3.05, 3.63) is 41.1 Å². The normalized spacial score (nSPS) is 19.6. The molecule has 2 aliphatic rings. The van der Waals surface area contributed by atoms with Crippen molar-refractivity contribution >= 4 is 29.2 Å². The largest absolute Gasteiger partial charge is 0.484 e. The molecule has 28 heavy (non-hydrogen) atoms. The molecule has 1 aromatic rings. The van der Waals surface area contributed by atoms with Gasteiger partial charge in [-0.15, -0.1) is 0 Å². The summed E-state index contributed by atoms with van der Waals surface area (Å²) in [6, 6.07) is 6.75. The maximum absolute atomic E-state index is 12.3. The highest BCUT2D eigenvalue weighted by molar-refractivity contribution is 7.80. The van der Waals surface area contributed by atoms with Crippen molar-refractivity contribution < 1.29 is 23.8 Å². The van der Waals surface area contributed by atoms with E-state index in [2.05, 4.69) is 10.6 Å². The fourth-order valence-electron chi connectivity index (χ4n) is 3.16. The summed E-state index contributed by atoms with van der Waals surface area (Å²) in [5.41, 5.74) is 1.85. The Hall–Kier alpha value is -2.65. The summed E-state index contributed by atoms with van der Waals surface area (Å²) in [4.78, 5) is 26.2. The lowest BCUT2D eigenvalue weighted by Gasteiger charge is -2.30. The molecular weight excluding hydrogens is 382 g/mol. The number of methoxy groups -OCH3 is 1. The van der Waals surface area contributed by atoms with Crippen molar-refractivity contribution in [2.24, 2.45) is 0 Å². The Morgan fingerprint density at radius 3 is 2.79 bits per heavy atom. The fraction of sp³-hybridized carbons (Fsp3) is 0.421. The molecule has 1 amide bonds. The van der Waals surface area contributed by atoms with Crippen LogP contribution in [0.2, 0.25) is 0 Å². The van der Waals surface area contributed by atoms with Crippen LogP contribution in [-0.2, 0) is 19.1 Å². The van der Waals surface area contributed by atoms with Crippen molar-refractivity contribution in [1.82, 2.24) is 15.5 Å². The van der Waals surface area contributed by atoms with Gasteiger partial charge in [0.2, 0.25) is 0 Å². The van der Waals surface area contributed by atoms with E-state index in [1.54, 1.807) is 30.0 Å². The third kappa shape index (κ3) is 4.60. The van der Waals surface area contributed by atoms with Crippen molar-refractivity contribution in [2.45, 2.75) is 13.0 Å². The number of thiocarbonyl (C=S) groups is 1. The molecule has 1 aromatic carbocycles. The molecule has 2 aliphatic heterocycles. The lowest BCUT2D eigenvalue weighted by molar-refractivity contribution is -0.137. The van der Waals surface area contributed by atoms with Gasteiger partial charge in [-0.05, 0) is 36.8 Å². The van der Waals surface area contributed by atoms with Crippen LogP contribution < -0.4 is 15.4 Å². The van der Waals surface area contributed by atoms with E-state index >= 15 is 0 Å². The summed E-state index contributed by atoms with van der Waals surface area (Å²) in [6.07, 6.45) is 0. The third-order valence-electron chi connectivity index (χ3n) is 4.59. The minimum Gasteiger partial charge on any atom is -0.484 e. The van der Waals surface area contributed by atoms with Crippen molar-refractivity contribution in [3.63, 3.8) is 0 Å². The summed E-state index contributed by atoms with van der Waals surface area (Å²) in [7, 11) is 1.34. The number of hydrogen-bond acceptors (Lipinski definition) is 6. The highest BCUT2D eigenvalue weighted by Crippen LogP contribution is 2.29. The molecule has 9 heteroatoms. The SMILES string of the molecule is COC(=O)C1=C(C)NC(=S)NC1c1cccc(OCC(=O)N2CCOCC2)c1. The second-order valence-corrected chi connectivity index (χ2v) is 6.82. The molecule has 0 aliphatic carbocycles. The van der Waals surface area contributed by atoms with Crippen LogP contribution in [0.15, 0.2) is 35.5 Å². The van der Waals surface area contributed by atoms with E-state index in [1.165, 1.54) is 7.11 Å². The zero-order chi connectivity index (χ0) is 20.1. The van der Waals surface area contributed by atoms with Crippen LogP contribution in [0.5, 0.6) is 5.75 Å². The van der Waals surface area contributed by atoms with Gasteiger partial charge in [0.25, 0.3) is 5.91 Å². The Kier molecular flexibility index (Phi) is 6.48. The van der Waals surface area contributed by atoms with E-state index < -0.39 is 12.0 Å². The number of nitrogens with one attached hydrogen (secondary N) is 2. The molecular formula is C19H23N3O5S. The summed E-state index contributed by atoms with van der Waals surface area (Å²) >= 11 is 5.23. The monoisotopic (exact) mass is 405 g/mol. The number of benzene rings is 1. The number of carbonyl (C=O) groups excluding carboxylic acids is 2. The molecule has 0 saturated carbocycles. The third-order valence-corrected chi connectivity index (χ3v) is 4.81. The average molecular weight is 405 g/mol. The summed E-state index contributed by atoms with van der Waals surface area (Å²) < 4.78 is 15.9. The number of ether oxygens (including phenoxy) is 3. The quantitative estimate of drug-likeness (QED) is 0.552.